The number of hydrogen-bond acceptors (Lipinski definition) is 2. The van der Waals surface area contributed by atoms with Crippen molar-refractivity contribution in [3.8, 4) is 5.75 Å². The van der Waals surface area contributed by atoms with Crippen LogP contribution in [0.1, 0.15) is 10.4 Å². The molecular formula is C14H11ClFNO2. The molecule has 2 rings (SSSR count). The minimum Gasteiger partial charge on any atom is -0.508 e. The molecule has 0 unspecified atom stereocenters. The molecule has 0 fully saturated rings. The van der Waals surface area contributed by atoms with Crippen molar-refractivity contribution >= 4 is 23.2 Å². The third kappa shape index (κ3) is 2.69. The Labute approximate surface area is 114 Å². The summed E-state index contributed by atoms with van der Waals surface area (Å²) >= 11 is 5.85. The molecule has 2 aromatic carbocycles. The molecule has 0 spiro atoms. The van der Waals surface area contributed by atoms with Crippen LogP contribution in [0.4, 0.5) is 10.1 Å². The van der Waals surface area contributed by atoms with Crippen LogP contribution in [0.5, 0.6) is 5.75 Å². The Bertz CT molecular complexity index is 593. The van der Waals surface area contributed by atoms with Crippen molar-refractivity contribution < 1.29 is 14.3 Å². The van der Waals surface area contributed by atoms with Gasteiger partial charge in [-0.3, -0.25) is 4.79 Å². The Kier molecular flexibility index (Phi) is 3.71. The highest BCUT2D eigenvalue weighted by atomic mass is 35.5. The van der Waals surface area contributed by atoms with E-state index in [-0.39, 0.29) is 16.3 Å². The number of carbonyl (C=O) groups is 1. The van der Waals surface area contributed by atoms with E-state index in [2.05, 4.69) is 0 Å². The van der Waals surface area contributed by atoms with Crippen molar-refractivity contribution in [1.82, 2.24) is 0 Å². The molecule has 0 aliphatic heterocycles. The van der Waals surface area contributed by atoms with Gasteiger partial charge >= 0.3 is 0 Å². The summed E-state index contributed by atoms with van der Waals surface area (Å²) in [6, 6.07) is 10.1. The molecule has 19 heavy (non-hydrogen) atoms. The molecule has 0 atom stereocenters. The Morgan fingerprint density at radius 3 is 2.42 bits per heavy atom. The van der Waals surface area contributed by atoms with Crippen LogP contribution in [0, 0.1) is 5.82 Å². The Hall–Kier alpha value is -2.07. The van der Waals surface area contributed by atoms with Crippen LogP contribution < -0.4 is 4.90 Å². The maximum Gasteiger partial charge on any atom is 0.262 e. The number of anilines is 1. The van der Waals surface area contributed by atoms with Crippen molar-refractivity contribution in [3.05, 3.63) is 58.9 Å². The van der Waals surface area contributed by atoms with E-state index in [4.69, 9.17) is 11.6 Å². The molecule has 3 nitrogen and oxygen atoms in total. The van der Waals surface area contributed by atoms with Gasteiger partial charge in [0.05, 0.1) is 10.6 Å². The SMILES string of the molecule is CN(C(=O)c1c(F)cccc1Cl)c1ccc(O)cc1. The Morgan fingerprint density at radius 1 is 1.21 bits per heavy atom. The van der Waals surface area contributed by atoms with Gasteiger partial charge in [0.2, 0.25) is 0 Å². The summed E-state index contributed by atoms with van der Waals surface area (Å²) < 4.78 is 13.7. The van der Waals surface area contributed by atoms with Gasteiger partial charge in [0.15, 0.2) is 0 Å². The number of carbonyl (C=O) groups excluding carboxylic acids is 1. The molecule has 0 aromatic heterocycles. The van der Waals surface area contributed by atoms with Crippen molar-refractivity contribution in [2.45, 2.75) is 0 Å². The van der Waals surface area contributed by atoms with Crippen LogP contribution in [0.25, 0.3) is 0 Å². The molecule has 1 N–H and O–H groups in total. The first-order valence-electron chi connectivity index (χ1n) is 5.52. The van der Waals surface area contributed by atoms with Gasteiger partial charge in [-0.2, -0.15) is 0 Å². The summed E-state index contributed by atoms with van der Waals surface area (Å²) in [5.41, 5.74) is 0.363. The lowest BCUT2D eigenvalue weighted by atomic mass is 10.1. The van der Waals surface area contributed by atoms with E-state index in [1.807, 2.05) is 0 Å². The summed E-state index contributed by atoms with van der Waals surface area (Å²) in [5, 5.41) is 9.26. The van der Waals surface area contributed by atoms with Gasteiger partial charge < -0.3 is 10.0 Å². The molecule has 0 bridgehead atoms. The summed E-state index contributed by atoms with van der Waals surface area (Å²) in [5.74, 6) is -1.12. The minimum atomic E-state index is -0.664. The molecule has 0 saturated heterocycles. The van der Waals surface area contributed by atoms with Crippen LogP contribution in [0.15, 0.2) is 42.5 Å². The van der Waals surface area contributed by atoms with Gasteiger partial charge in [-0.05, 0) is 36.4 Å². The average molecular weight is 280 g/mol. The highest BCUT2D eigenvalue weighted by Gasteiger charge is 2.20. The third-order valence-corrected chi connectivity index (χ3v) is 3.03. The van der Waals surface area contributed by atoms with Crippen LogP contribution in [0.3, 0.4) is 0 Å². The number of benzene rings is 2. The van der Waals surface area contributed by atoms with Gasteiger partial charge in [0.25, 0.3) is 5.91 Å². The van der Waals surface area contributed by atoms with E-state index in [0.29, 0.717) is 5.69 Å². The molecular weight excluding hydrogens is 269 g/mol. The average Bonchev–Trinajstić information content (AvgIpc) is 2.38. The van der Waals surface area contributed by atoms with Crippen molar-refractivity contribution in [2.24, 2.45) is 0 Å². The first-order chi connectivity index (χ1) is 9.00. The zero-order chi connectivity index (χ0) is 14.0. The number of phenols is 1. The summed E-state index contributed by atoms with van der Waals surface area (Å²) in [6.45, 7) is 0. The van der Waals surface area contributed by atoms with Gasteiger partial charge in [0.1, 0.15) is 11.6 Å². The number of hydrogen-bond donors (Lipinski definition) is 1. The number of nitrogens with zero attached hydrogens (tertiary/aromatic N) is 1. The minimum absolute atomic E-state index is 0.0654. The summed E-state index contributed by atoms with van der Waals surface area (Å²) in [4.78, 5) is 13.5. The number of amides is 1. The standard InChI is InChI=1S/C14H11ClFNO2/c1-17(9-5-7-10(18)8-6-9)14(19)13-11(15)3-2-4-12(13)16/h2-8,18H,1H3. The van der Waals surface area contributed by atoms with E-state index in [1.165, 1.54) is 42.3 Å². The molecule has 0 radical (unpaired) electrons. The Morgan fingerprint density at radius 2 is 1.84 bits per heavy atom. The fourth-order valence-corrected chi connectivity index (χ4v) is 1.91. The highest BCUT2D eigenvalue weighted by Crippen LogP contribution is 2.24. The fourth-order valence-electron chi connectivity index (χ4n) is 1.66. The number of halogens is 2. The maximum absolute atomic E-state index is 13.7. The van der Waals surface area contributed by atoms with Crippen molar-refractivity contribution in [1.29, 1.82) is 0 Å². The molecule has 2 aromatic rings. The molecule has 0 aliphatic carbocycles. The van der Waals surface area contributed by atoms with Gasteiger partial charge in [-0.1, -0.05) is 17.7 Å². The van der Waals surface area contributed by atoms with Crippen LogP contribution in [-0.2, 0) is 0 Å². The monoisotopic (exact) mass is 279 g/mol. The lowest BCUT2D eigenvalue weighted by molar-refractivity contribution is 0.0989. The maximum atomic E-state index is 13.7. The van der Waals surface area contributed by atoms with Crippen LogP contribution in [0.2, 0.25) is 5.02 Å². The number of rotatable bonds is 2. The molecule has 0 aliphatic rings. The zero-order valence-electron chi connectivity index (χ0n) is 10.1. The smallest absolute Gasteiger partial charge is 0.262 e. The molecule has 0 saturated carbocycles. The molecule has 0 heterocycles. The van der Waals surface area contributed by atoms with Crippen LogP contribution >= 0.6 is 11.6 Å². The molecule has 5 heteroatoms. The van der Waals surface area contributed by atoms with Gasteiger partial charge in [-0.15, -0.1) is 0 Å². The zero-order valence-corrected chi connectivity index (χ0v) is 10.9. The quantitative estimate of drug-likeness (QED) is 0.914. The lowest BCUT2D eigenvalue weighted by Crippen LogP contribution is -2.27. The predicted molar refractivity (Wildman–Crippen MR) is 72.3 cm³/mol. The summed E-state index contributed by atoms with van der Waals surface area (Å²) in [6.07, 6.45) is 0. The van der Waals surface area contributed by atoms with E-state index < -0.39 is 11.7 Å². The lowest BCUT2D eigenvalue weighted by Gasteiger charge is -2.18. The molecule has 98 valence electrons. The van der Waals surface area contributed by atoms with E-state index in [1.54, 1.807) is 12.1 Å². The van der Waals surface area contributed by atoms with Crippen molar-refractivity contribution in [2.75, 3.05) is 11.9 Å². The largest absolute Gasteiger partial charge is 0.508 e. The second kappa shape index (κ2) is 5.28. The second-order valence-corrected chi connectivity index (χ2v) is 4.38. The normalized spacial score (nSPS) is 10.3. The van der Waals surface area contributed by atoms with Gasteiger partial charge in [0, 0.05) is 12.7 Å². The van der Waals surface area contributed by atoms with Gasteiger partial charge in [-0.25, -0.2) is 4.39 Å². The van der Waals surface area contributed by atoms with E-state index in [0.717, 1.165) is 0 Å². The predicted octanol–water partition coefficient (Wildman–Crippen LogP) is 3.46. The number of aromatic hydroxyl groups is 1. The highest BCUT2D eigenvalue weighted by molar-refractivity contribution is 6.34. The van der Waals surface area contributed by atoms with Crippen molar-refractivity contribution in [3.63, 3.8) is 0 Å². The summed E-state index contributed by atoms with van der Waals surface area (Å²) in [7, 11) is 1.51. The van der Waals surface area contributed by atoms with Crippen LogP contribution in [-0.4, -0.2) is 18.1 Å². The first kappa shape index (κ1) is 13.4. The Balaban J connectivity index is 2.36. The second-order valence-electron chi connectivity index (χ2n) is 3.98. The first-order valence-corrected chi connectivity index (χ1v) is 5.89. The number of phenolic OH excluding ortho intramolecular Hbond substituents is 1. The van der Waals surface area contributed by atoms with E-state index >= 15 is 0 Å². The molecule has 1 amide bonds. The van der Waals surface area contributed by atoms with E-state index in [9.17, 15) is 14.3 Å². The third-order valence-electron chi connectivity index (χ3n) is 2.72. The fraction of sp³-hybridized carbons (Fsp3) is 0.0714. The topological polar surface area (TPSA) is 40.5 Å².